The zero-order valence-corrected chi connectivity index (χ0v) is 8.23. The Labute approximate surface area is 83.5 Å². The van der Waals surface area contributed by atoms with Crippen LogP contribution in [0.3, 0.4) is 0 Å². The molecule has 0 spiro atoms. The van der Waals surface area contributed by atoms with Crippen molar-refractivity contribution in [2.24, 2.45) is 5.73 Å². The number of fused-ring (bicyclic) bond motifs is 1. The first-order chi connectivity index (χ1) is 6.74. The standard InChI is InChI=1S/C11H15NO2/c1-14-10-4-2-3-8-7(10)5-6-9(13)11(8)12/h2-4,9,11,13H,5-6,12H2,1H3/t9-,11+/m1/s1. The summed E-state index contributed by atoms with van der Waals surface area (Å²) >= 11 is 0. The van der Waals surface area contributed by atoms with Crippen molar-refractivity contribution in [2.75, 3.05) is 7.11 Å². The van der Waals surface area contributed by atoms with E-state index in [1.54, 1.807) is 7.11 Å². The van der Waals surface area contributed by atoms with Gasteiger partial charge in [0, 0.05) is 0 Å². The summed E-state index contributed by atoms with van der Waals surface area (Å²) in [6, 6.07) is 5.54. The van der Waals surface area contributed by atoms with Crippen LogP contribution in [0.15, 0.2) is 18.2 Å². The van der Waals surface area contributed by atoms with Crippen molar-refractivity contribution >= 4 is 0 Å². The van der Waals surface area contributed by atoms with Crippen LogP contribution in [0.5, 0.6) is 5.75 Å². The number of nitrogens with two attached hydrogens (primary N) is 1. The highest BCUT2D eigenvalue weighted by atomic mass is 16.5. The zero-order chi connectivity index (χ0) is 10.1. The Morgan fingerprint density at radius 2 is 2.29 bits per heavy atom. The van der Waals surface area contributed by atoms with Gasteiger partial charge >= 0.3 is 0 Å². The highest BCUT2D eigenvalue weighted by Crippen LogP contribution is 2.33. The lowest BCUT2D eigenvalue weighted by molar-refractivity contribution is 0.127. The Kier molecular flexibility index (Phi) is 2.44. The minimum absolute atomic E-state index is 0.270. The van der Waals surface area contributed by atoms with Crippen molar-refractivity contribution in [3.63, 3.8) is 0 Å². The molecule has 3 N–H and O–H groups in total. The average Bonchev–Trinajstić information content (AvgIpc) is 2.23. The number of hydrogen-bond donors (Lipinski definition) is 2. The number of ether oxygens (including phenoxy) is 1. The van der Waals surface area contributed by atoms with E-state index in [1.165, 1.54) is 0 Å². The summed E-state index contributed by atoms with van der Waals surface area (Å²) in [6.07, 6.45) is 1.14. The maximum absolute atomic E-state index is 9.62. The Morgan fingerprint density at radius 3 is 3.00 bits per heavy atom. The molecule has 0 heterocycles. The first-order valence-electron chi connectivity index (χ1n) is 4.83. The maximum Gasteiger partial charge on any atom is 0.122 e. The van der Waals surface area contributed by atoms with Crippen molar-refractivity contribution in [2.45, 2.75) is 25.0 Å². The van der Waals surface area contributed by atoms with Crippen LogP contribution in [-0.2, 0) is 6.42 Å². The summed E-state index contributed by atoms with van der Waals surface area (Å²) in [7, 11) is 1.66. The minimum Gasteiger partial charge on any atom is -0.496 e. The number of hydrogen-bond acceptors (Lipinski definition) is 3. The Hall–Kier alpha value is -1.06. The lowest BCUT2D eigenvalue weighted by Gasteiger charge is -2.28. The third-order valence-corrected chi connectivity index (χ3v) is 2.85. The summed E-state index contributed by atoms with van der Waals surface area (Å²) in [5.74, 6) is 0.879. The van der Waals surface area contributed by atoms with Gasteiger partial charge in [-0.25, -0.2) is 0 Å². The monoisotopic (exact) mass is 193 g/mol. The number of aliphatic hydroxyl groups excluding tert-OH is 1. The minimum atomic E-state index is -0.422. The van der Waals surface area contributed by atoms with Crippen molar-refractivity contribution in [1.82, 2.24) is 0 Å². The van der Waals surface area contributed by atoms with Gasteiger partial charge < -0.3 is 15.6 Å². The molecule has 1 aliphatic carbocycles. The van der Waals surface area contributed by atoms with Gasteiger partial charge in [-0.05, 0) is 30.0 Å². The summed E-state index contributed by atoms with van der Waals surface area (Å²) in [5, 5.41) is 9.62. The molecule has 2 atom stereocenters. The average molecular weight is 193 g/mol. The van der Waals surface area contributed by atoms with Crippen LogP contribution in [-0.4, -0.2) is 18.3 Å². The second-order valence-electron chi connectivity index (χ2n) is 3.66. The van der Waals surface area contributed by atoms with E-state index in [0.717, 1.165) is 23.3 Å². The van der Waals surface area contributed by atoms with Crippen LogP contribution in [0.25, 0.3) is 0 Å². The molecule has 2 rings (SSSR count). The number of benzene rings is 1. The highest BCUT2D eigenvalue weighted by Gasteiger charge is 2.26. The van der Waals surface area contributed by atoms with Gasteiger partial charge in [0.2, 0.25) is 0 Å². The largest absolute Gasteiger partial charge is 0.496 e. The van der Waals surface area contributed by atoms with Gasteiger partial charge in [0.25, 0.3) is 0 Å². The molecule has 0 fully saturated rings. The van der Waals surface area contributed by atoms with Crippen LogP contribution >= 0.6 is 0 Å². The molecule has 14 heavy (non-hydrogen) atoms. The summed E-state index contributed by atoms with van der Waals surface area (Å²) < 4.78 is 5.26. The zero-order valence-electron chi connectivity index (χ0n) is 8.23. The van der Waals surface area contributed by atoms with Crippen molar-refractivity contribution in [3.05, 3.63) is 29.3 Å². The predicted octanol–water partition coefficient (Wildman–Crippen LogP) is 1.00. The number of rotatable bonds is 1. The van der Waals surface area contributed by atoms with Gasteiger partial charge in [-0.15, -0.1) is 0 Å². The smallest absolute Gasteiger partial charge is 0.122 e. The van der Waals surface area contributed by atoms with E-state index in [1.807, 2.05) is 18.2 Å². The fourth-order valence-corrected chi connectivity index (χ4v) is 2.03. The SMILES string of the molecule is COc1cccc2c1CC[C@@H](O)[C@H]2N. The van der Waals surface area contributed by atoms with Gasteiger partial charge in [0.1, 0.15) is 5.75 Å². The summed E-state index contributed by atoms with van der Waals surface area (Å²) in [5.41, 5.74) is 8.07. The van der Waals surface area contributed by atoms with Gasteiger partial charge in [0.05, 0.1) is 19.3 Å². The molecule has 0 radical (unpaired) electrons. The van der Waals surface area contributed by atoms with Crippen LogP contribution in [0.2, 0.25) is 0 Å². The molecule has 0 amide bonds. The molecule has 76 valence electrons. The van der Waals surface area contributed by atoms with Crippen molar-refractivity contribution in [3.8, 4) is 5.75 Å². The van der Waals surface area contributed by atoms with E-state index in [4.69, 9.17) is 10.5 Å². The molecular formula is C11H15NO2. The first-order valence-corrected chi connectivity index (χ1v) is 4.83. The van der Waals surface area contributed by atoms with Crippen molar-refractivity contribution < 1.29 is 9.84 Å². The Morgan fingerprint density at radius 1 is 1.50 bits per heavy atom. The van der Waals surface area contributed by atoms with E-state index in [0.29, 0.717) is 6.42 Å². The van der Waals surface area contributed by atoms with Crippen LogP contribution < -0.4 is 10.5 Å². The molecule has 0 bridgehead atoms. The lowest BCUT2D eigenvalue weighted by Crippen LogP contribution is -2.31. The van der Waals surface area contributed by atoms with Gasteiger partial charge in [-0.3, -0.25) is 0 Å². The molecule has 0 unspecified atom stereocenters. The van der Waals surface area contributed by atoms with E-state index in [-0.39, 0.29) is 6.04 Å². The van der Waals surface area contributed by atoms with E-state index >= 15 is 0 Å². The van der Waals surface area contributed by atoms with Gasteiger partial charge in [-0.2, -0.15) is 0 Å². The van der Waals surface area contributed by atoms with Gasteiger partial charge in [-0.1, -0.05) is 12.1 Å². The summed E-state index contributed by atoms with van der Waals surface area (Å²) in [4.78, 5) is 0. The fourth-order valence-electron chi connectivity index (χ4n) is 2.03. The predicted molar refractivity (Wildman–Crippen MR) is 54.3 cm³/mol. The molecule has 1 aliphatic rings. The molecule has 0 aromatic heterocycles. The lowest BCUT2D eigenvalue weighted by atomic mass is 9.85. The molecule has 3 heteroatoms. The quantitative estimate of drug-likeness (QED) is 0.699. The molecule has 0 aliphatic heterocycles. The van der Waals surface area contributed by atoms with E-state index in [2.05, 4.69) is 0 Å². The highest BCUT2D eigenvalue weighted by molar-refractivity contribution is 5.43. The van der Waals surface area contributed by atoms with Crippen LogP contribution in [0, 0.1) is 0 Å². The molecule has 0 saturated carbocycles. The fraction of sp³-hybridized carbons (Fsp3) is 0.455. The number of aliphatic hydroxyl groups is 1. The van der Waals surface area contributed by atoms with Crippen molar-refractivity contribution in [1.29, 1.82) is 0 Å². The van der Waals surface area contributed by atoms with E-state index < -0.39 is 6.10 Å². The topological polar surface area (TPSA) is 55.5 Å². The van der Waals surface area contributed by atoms with Crippen LogP contribution in [0.1, 0.15) is 23.6 Å². The van der Waals surface area contributed by atoms with E-state index in [9.17, 15) is 5.11 Å². The summed E-state index contributed by atoms with van der Waals surface area (Å²) in [6.45, 7) is 0. The second kappa shape index (κ2) is 3.59. The molecule has 1 aromatic rings. The Bertz CT molecular complexity index is 338. The molecule has 3 nitrogen and oxygen atoms in total. The normalized spacial score (nSPS) is 25.6. The molecule has 1 aromatic carbocycles. The molecular weight excluding hydrogens is 178 g/mol. The molecule has 0 saturated heterocycles. The first kappa shape index (κ1) is 9.49. The maximum atomic E-state index is 9.62. The third kappa shape index (κ3) is 1.38. The van der Waals surface area contributed by atoms with Crippen LogP contribution in [0.4, 0.5) is 0 Å². The Balaban J connectivity index is 2.47. The van der Waals surface area contributed by atoms with Gasteiger partial charge in [0.15, 0.2) is 0 Å². The second-order valence-corrected chi connectivity index (χ2v) is 3.66. The third-order valence-electron chi connectivity index (χ3n) is 2.85. The number of methoxy groups -OCH3 is 1.